The first-order valence-corrected chi connectivity index (χ1v) is 13.2. The molecular formula is C30H40N2O6. The predicted octanol–water partition coefficient (Wildman–Crippen LogP) is 5.59. The number of amides is 2. The number of Topliss-reactive ketones (excluding diaryl/α,β-unsaturated/α-hetero) is 2. The van der Waals surface area contributed by atoms with Crippen LogP contribution in [0.2, 0.25) is 0 Å². The summed E-state index contributed by atoms with van der Waals surface area (Å²) in [5.41, 5.74) is 1.72. The van der Waals surface area contributed by atoms with Gasteiger partial charge in [0.1, 0.15) is 13.2 Å². The van der Waals surface area contributed by atoms with Gasteiger partial charge in [-0.1, -0.05) is 88.4 Å². The Balaban J connectivity index is 1.74. The molecule has 2 aromatic rings. The van der Waals surface area contributed by atoms with Gasteiger partial charge < -0.3 is 20.1 Å². The van der Waals surface area contributed by atoms with Crippen molar-refractivity contribution < 1.29 is 28.7 Å². The molecule has 0 saturated heterocycles. The number of ketones is 2. The third-order valence-corrected chi connectivity index (χ3v) is 6.10. The lowest BCUT2D eigenvalue weighted by Crippen LogP contribution is -2.45. The summed E-state index contributed by atoms with van der Waals surface area (Å²) in [5, 5.41) is 5.35. The maximum Gasteiger partial charge on any atom is 0.408 e. The monoisotopic (exact) mass is 524 g/mol. The van der Waals surface area contributed by atoms with Gasteiger partial charge in [0, 0.05) is 12.8 Å². The molecule has 206 valence electrons. The van der Waals surface area contributed by atoms with Crippen LogP contribution in [0.1, 0.15) is 64.5 Å². The molecule has 2 rings (SSSR count). The standard InChI is InChI=1S/C30H40N2O6/c1-21(2)27(31-29(35)37-19-23-13-7-5-8-14-23)25(33)17-11-12-18-26(34)28(22(3)4)32-30(36)38-20-24-15-9-6-10-16-24/h5-10,13-16,21-22,27-28H,11-12,17-20H2,1-4H3,(H,31,35)(H,32,36)/t27-,28-/m0/s1. The van der Waals surface area contributed by atoms with Gasteiger partial charge in [0.05, 0.1) is 12.1 Å². The third-order valence-electron chi connectivity index (χ3n) is 6.10. The lowest BCUT2D eigenvalue weighted by molar-refractivity contribution is -0.123. The Morgan fingerprint density at radius 3 is 1.26 bits per heavy atom. The van der Waals surface area contributed by atoms with Gasteiger partial charge in [-0.05, 0) is 35.8 Å². The van der Waals surface area contributed by atoms with E-state index in [2.05, 4.69) is 10.6 Å². The average Bonchev–Trinajstić information content (AvgIpc) is 2.91. The van der Waals surface area contributed by atoms with Crippen LogP contribution in [0.25, 0.3) is 0 Å². The van der Waals surface area contributed by atoms with E-state index in [1.807, 2.05) is 88.4 Å². The summed E-state index contributed by atoms with van der Waals surface area (Å²) in [5.74, 6) is -0.422. The van der Waals surface area contributed by atoms with Gasteiger partial charge in [0.15, 0.2) is 11.6 Å². The molecule has 0 radical (unpaired) electrons. The van der Waals surface area contributed by atoms with Crippen LogP contribution in [0.15, 0.2) is 60.7 Å². The van der Waals surface area contributed by atoms with Crippen LogP contribution >= 0.6 is 0 Å². The van der Waals surface area contributed by atoms with Crippen molar-refractivity contribution in [2.24, 2.45) is 11.8 Å². The van der Waals surface area contributed by atoms with Crippen molar-refractivity contribution in [3.63, 3.8) is 0 Å². The SMILES string of the molecule is CC(C)[C@H](NC(=O)OCc1ccccc1)C(=O)CCCCC(=O)[C@@H](NC(=O)OCc1ccccc1)C(C)C. The smallest absolute Gasteiger partial charge is 0.408 e. The molecule has 2 amide bonds. The highest BCUT2D eigenvalue weighted by molar-refractivity contribution is 5.88. The number of carbonyl (C=O) groups is 4. The van der Waals surface area contributed by atoms with Crippen LogP contribution in [-0.4, -0.2) is 35.8 Å². The summed E-state index contributed by atoms with van der Waals surface area (Å²) >= 11 is 0. The molecule has 2 aromatic carbocycles. The molecule has 0 bridgehead atoms. The van der Waals surface area contributed by atoms with E-state index in [0.29, 0.717) is 12.8 Å². The van der Waals surface area contributed by atoms with E-state index < -0.39 is 24.3 Å². The molecule has 8 nitrogen and oxygen atoms in total. The average molecular weight is 525 g/mol. The minimum atomic E-state index is -0.668. The van der Waals surface area contributed by atoms with E-state index in [0.717, 1.165) is 11.1 Å². The second kappa shape index (κ2) is 16.2. The van der Waals surface area contributed by atoms with Gasteiger partial charge >= 0.3 is 12.2 Å². The number of unbranched alkanes of at least 4 members (excludes halogenated alkanes) is 1. The first kappa shape index (κ1) is 30.5. The topological polar surface area (TPSA) is 111 Å². The van der Waals surface area contributed by atoms with Gasteiger partial charge in [-0.15, -0.1) is 0 Å². The van der Waals surface area contributed by atoms with Crippen molar-refractivity contribution in [2.75, 3.05) is 0 Å². The van der Waals surface area contributed by atoms with Gasteiger partial charge in [0.25, 0.3) is 0 Å². The molecule has 38 heavy (non-hydrogen) atoms. The molecule has 0 aliphatic heterocycles. The maximum atomic E-state index is 12.8. The zero-order valence-electron chi connectivity index (χ0n) is 22.8. The first-order valence-electron chi connectivity index (χ1n) is 13.2. The van der Waals surface area contributed by atoms with Crippen molar-refractivity contribution in [1.29, 1.82) is 0 Å². The minimum Gasteiger partial charge on any atom is -0.445 e. The van der Waals surface area contributed by atoms with Gasteiger partial charge in [-0.3, -0.25) is 9.59 Å². The largest absolute Gasteiger partial charge is 0.445 e. The molecule has 2 atom stereocenters. The summed E-state index contributed by atoms with van der Waals surface area (Å²) in [6, 6.07) is 17.3. The summed E-state index contributed by atoms with van der Waals surface area (Å²) in [6.45, 7) is 7.69. The first-order chi connectivity index (χ1) is 18.2. The van der Waals surface area contributed by atoms with E-state index in [4.69, 9.17) is 9.47 Å². The molecule has 8 heteroatoms. The predicted molar refractivity (Wildman–Crippen MR) is 145 cm³/mol. The fourth-order valence-electron chi connectivity index (χ4n) is 3.93. The van der Waals surface area contributed by atoms with E-state index in [-0.39, 0.29) is 49.5 Å². The number of hydrogen-bond donors (Lipinski definition) is 2. The highest BCUT2D eigenvalue weighted by Gasteiger charge is 2.26. The molecule has 0 aromatic heterocycles. The quantitative estimate of drug-likeness (QED) is 0.294. The van der Waals surface area contributed by atoms with Crippen molar-refractivity contribution in [2.45, 2.75) is 78.7 Å². The molecule has 0 spiro atoms. The Kier molecular flexibility index (Phi) is 13.0. The number of carbonyl (C=O) groups excluding carboxylic acids is 4. The Morgan fingerprint density at radius 2 is 0.947 bits per heavy atom. The molecule has 0 aliphatic carbocycles. The fraction of sp³-hybridized carbons (Fsp3) is 0.467. The van der Waals surface area contributed by atoms with Crippen LogP contribution in [0, 0.1) is 11.8 Å². The number of ether oxygens (including phenoxy) is 2. The highest BCUT2D eigenvalue weighted by Crippen LogP contribution is 2.13. The van der Waals surface area contributed by atoms with Crippen LogP contribution in [0.3, 0.4) is 0 Å². The van der Waals surface area contributed by atoms with Gasteiger partial charge in [0.2, 0.25) is 0 Å². The zero-order chi connectivity index (χ0) is 27.9. The molecule has 0 fully saturated rings. The zero-order valence-corrected chi connectivity index (χ0v) is 22.8. The summed E-state index contributed by atoms with van der Waals surface area (Å²) in [4.78, 5) is 50.0. The van der Waals surface area contributed by atoms with Crippen LogP contribution in [-0.2, 0) is 32.3 Å². The van der Waals surface area contributed by atoms with Crippen molar-refractivity contribution in [3.8, 4) is 0 Å². The molecular weight excluding hydrogens is 484 g/mol. The highest BCUT2D eigenvalue weighted by atomic mass is 16.6. The number of nitrogens with one attached hydrogen (secondary N) is 2. The minimum absolute atomic E-state index is 0.105. The van der Waals surface area contributed by atoms with E-state index in [1.165, 1.54) is 0 Å². The number of benzene rings is 2. The number of rotatable bonds is 15. The Hall–Kier alpha value is -3.68. The molecule has 0 heterocycles. The molecule has 0 saturated carbocycles. The van der Waals surface area contributed by atoms with Crippen LogP contribution < -0.4 is 10.6 Å². The number of hydrogen-bond acceptors (Lipinski definition) is 6. The molecule has 2 N–H and O–H groups in total. The second-order valence-corrected chi connectivity index (χ2v) is 10.00. The van der Waals surface area contributed by atoms with Crippen molar-refractivity contribution in [1.82, 2.24) is 10.6 Å². The Morgan fingerprint density at radius 1 is 0.605 bits per heavy atom. The summed E-state index contributed by atoms with van der Waals surface area (Å²) in [7, 11) is 0. The van der Waals surface area contributed by atoms with Gasteiger partial charge in [-0.25, -0.2) is 9.59 Å². The third kappa shape index (κ3) is 11.2. The Labute approximate surface area is 225 Å². The van der Waals surface area contributed by atoms with E-state index in [1.54, 1.807) is 0 Å². The van der Waals surface area contributed by atoms with Crippen LogP contribution in [0.5, 0.6) is 0 Å². The lowest BCUT2D eigenvalue weighted by Gasteiger charge is -2.22. The Bertz CT molecular complexity index is 940. The lowest BCUT2D eigenvalue weighted by atomic mass is 9.94. The van der Waals surface area contributed by atoms with Crippen LogP contribution in [0.4, 0.5) is 9.59 Å². The van der Waals surface area contributed by atoms with Crippen molar-refractivity contribution >= 4 is 23.8 Å². The van der Waals surface area contributed by atoms with Crippen molar-refractivity contribution in [3.05, 3.63) is 71.8 Å². The molecule has 0 unspecified atom stereocenters. The van der Waals surface area contributed by atoms with Gasteiger partial charge in [-0.2, -0.15) is 0 Å². The molecule has 0 aliphatic rings. The second-order valence-electron chi connectivity index (χ2n) is 10.00. The fourth-order valence-corrected chi connectivity index (χ4v) is 3.93. The summed E-state index contributed by atoms with van der Waals surface area (Å²) in [6.07, 6.45) is 0.180. The maximum absolute atomic E-state index is 12.8. The van der Waals surface area contributed by atoms with E-state index >= 15 is 0 Å². The number of alkyl carbamates (subject to hydrolysis) is 2. The summed E-state index contributed by atoms with van der Waals surface area (Å²) < 4.78 is 10.5. The normalized spacial score (nSPS) is 12.5. The van der Waals surface area contributed by atoms with E-state index in [9.17, 15) is 19.2 Å².